The summed E-state index contributed by atoms with van der Waals surface area (Å²) in [6, 6.07) is 10.3. The minimum absolute atomic E-state index is 0.248. The number of nitrogens with one attached hydrogen (secondary N) is 1. The number of fused-ring (bicyclic) bond motifs is 1. The Bertz CT molecular complexity index is 815. The number of hydrogen-bond acceptors (Lipinski definition) is 5. The third kappa shape index (κ3) is 3.04. The van der Waals surface area contributed by atoms with Crippen molar-refractivity contribution in [3.05, 3.63) is 41.0 Å². The molecule has 1 aliphatic heterocycles. The predicted molar refractivity (Wildman–Crippen MR) is 95.3 cm³/mol. The van der Waals surface area contributed by atoms with Gasteiger partial charge in [0.25, 0.3) is 0 Å². The fourth-order valence-electron chi connectivity index (χ4n) is 2.89. The monoisotopic (exact) mass is 345 g/mol. The molecule has 1 aromatic carbocycles. The van der Waals surface area contributed by atoms with E-state index in [2.05, 4.69) is 32.8 Å². The van der Waals surface area contributed by atoms with Crippen LogP contribution in [0.1, 0.15) is 12.8 Å². The molecule has 0 bridgehead atoms. The Balaban J connectivity index is 1.74. The van der Waals surface area contributed by atoms with Gasteiger partial charge in [-0.15, -0.1) is 11.3 Å². The molecule has 1 aliphatic rings. The molecule has 0 saturated carbocycles. The maximum absolute atomic E-state index is 6.09. The van der Waals surface area contributed by atoms with Gasteiger partial charge >= 0.3 is 0 Å². The first-order valence-electron chi connectivity index (χ1n) is 7.67. The van der Waals surface area contributed by atoms with Crippen LogP contribution in [-0.4, -0.2) is 29.2 Å². The summed E-state index contributed by atoms with van der Waals surface area (Å²) in [5, 5.41) is 6.83. The molecule has 23 heavy (non-hydrogen) atoms. The van der Waals surface area contributed by atoms with Crippen LogP contribution in [0.2, 0.25) is 5.28 Å². The zero-order valence-electron chi connectivity index (χ0n) is 12.5. The van der Waals surface area contributed by atoms with Crippen molar-refractivity contribution in [2.75, 3.05) is 18.5 Å². The van der Waals surface area contributed by atoms with Crippen LogP contribution in [0.5, 0.6) is 0 Å². The molecule has 0 amide bonds. The fraction of sp³-hybridized carbons (Fsp3) is 0.294. The average Bonchev–Trinajstić information content (AvgIpc) is 3.23. The Hall–Kier alpha value is -1.69. The van der Waals surface area contributed by atoms with E-state index in [1.807, 2.05) is 18.2 Å². The molecule has 2 aromatic heterocycles. The lowest BCUT2D eigenvalue weighted by Crippen LogP contribution is -2.19. The first-order chi connectivity index (χ1) is 11.3. The maximum atomic E-state index is 6.09. The number of ether oxygens (including phenoxy) is 1. The van der Waals surface area contributed by atoms with E-state index in [0.717, 1.165) is 53.2 Å². The largest absolute Gasteiger partial charge is 0.376 e. The highest BCUT2D eigenvalue weighted by Gasteiger charge is 2.18. The van der Waals surface area contributed by atoms with Crippen LogP contribution in [-0.2, 0) is 4.74 Å². The van der Waals surface area contributed by atoms with Gasteiger partial charge in [-0.3, -0.25) is 0 Å². The summed E-state index contributed by atoms with van der Waals surface area (Å²) in [6.45, 7) is 1.59. The van der Waals surface area contributed by atoms with Crippen molar-refractivity contribution in [2.45, 2.75) is 18.9 Å². The summed E-state index contributed by atoms with van der Waals surface area (Å²) in [5.74, 6) is 0.788. The normalized spacial score (nSPS) is 17.7. The smallest absolute Gasteiger partial charge is 0.225 e. The molecular formula is C17H16ClN3OS. The molecule has 118 valence electrons. The number of nitrogens with zero attached hydrogens (tertiary/aromatic N) is 2. The lowest BCUT2D eigenvalue weighted by atomic mass is 10.1. The molecule has 1 atom stereocenters. The quantitative estimate of drug-likeness (QED) is 0.702. The lowest BCUT2D eigenvalue weighted by Gasteiger charge is -2.13. The molecule has 1 saturated heterocycles. The van der Waals surface area contributed by atoms with Crippen molar-refractivity contribution in [1.29, 1.82) is 0 Å². The summed E-state index contributed by atoms with van der Waals surface area (Å²) in [7, 11) is 0. The van der Waals surface area contributed by atoms with E-state index in [-0.39, 0.29) is 11.4 Å². The van der Waals surface area contributed by atoms with Crippen molar-refractivity contribution in [1.82, 2.24) is 9.97 Å². The number of aromatic nitrogens is 2. The Labute approximate surface area is 143 Å². The Morgan fingerprint density at radius 2 is 2.13 bits per heavy atom. The second-order valence-corrected chi connectivity index (χ2v) is 6.75. The van der Waals surface area contributed by atoms with Gasteiger partial charge in [0.2, 0.25) is 5.28 Å². The van der Waals surface area contributed by atoms with Gasteiger partial charge in [-0.25, -0.2) is 9.97 Å². The fourth-order valence-corrected chi connectivity index (χ4v) is 4.06. The topological polar surface area (TPSA) is 47.0 Å². The molecule has 0 radical (unpaired) electrons. The van der Waals surface area contributed by atoms with Gasteiger partial charge in [-0.1, -0.05) is 30.3 Å². The van der Waals surface area contributed by atoms with Crippen molar-refractivity contribution in [3.8, 4) is 11.1 Å². The van der Waals surface area contributed by atoms with E-state index >= 15 is 0 Å². The number of rotatable bonds is 4. The summed E-state index contributed by atoms with van der Waals surface area (Å²) >= 11 is 7.68. The van der Waals surface area contributed by atoms with E-state index in [9.17, 15) is 0 Å². The Kier molecular flexibility index (Phi) is 4.16. The van der Waals surface area contributed by atoms with Crippen LogP contribution < -0.4 is 5.32 Å². The molecule has 4 rings (SSSR count). The summed E-state index contributed by atoms with van der Waals surface area (Å²) < 4.78 is 5.68. The number of thiophene rings is 1. The minimum atomic E-state index is 0.248. The zero-order chi connectivity index (χ0) is 15.6. The first kappa shape index (κ1) is 14.9. The highest BCUT2D eigenvalue weighted by atomic mass is 35.5. The van der Waals surface area contributed by atoms with Crippen molar-refractivity contribution in [2.24, 2.45) is 0 Å². The summed E-state index contributed by atoms with van der Waals surface area (Å²) in [4.78, 5) is 9.68. The first-order valence-corrected chi connectivity index (χ1v) is 8.92. The van der Waals surface area contributed by atoms with Gasteiger partial charge in [-0.2, -0.15) is 0 Å². The second kappa shape index (κ2) is 6.43. The van der Waals surface area contributed by atoms with Crippen molar-refractivity contribution >= 4 is 39.0 Å². The molecule has 1 fully saturated rings. The van der Waals surface area contributed by atoms with Gasteiger partial charge < -0.3 is 10.1 Å². The van der Waals surface area contributed by atoms with Crippen LogP contribution in [0.3, 0.4) is 0 Å². The van der Waals surface area contributed by atoms with E-state index in [1.54, 1.807) is 11.3 Å². The van der Waals surface area contributed by atoms with Gasteiger partial charge in [0.05, 0.1) is 11.5 Å². The van der Waals surface area contributed by atoms with E-state index in [4.69, 9.17) is 16.3 Å². The second-order valence-electron chi connectivity index (χ2n) is 5.55. The SMILES string of the molecule is Clc1nc(NCC2CCCO2)c2c(-c3ccccc3)csc2n1. The number of anilines is 1. The molecule has 4 nitrogen and oxygen atoms in total. The van der Waals surface area contributed by atoms with Crippen LogP contribution in [0.4, 0.5) is 5.82 Å². The predicted octanol–water partition coefficient (Wildman–Crippen LogP) is 4.60. The highest BCUT2D eigenvalue weighted by molar-refractivity contribution is 7.17. The van der Waals surface area contributed by atoms with Crippen molar-refractivity contribution in [3.63, 3.8) is 0 Å². The standard InChI is InChI=1S/C17H16ClN3OS/c18-17-20-15(19-9-12-7-4-8-22-12)14-13(10-23-16(14)21-17)11-5-2-1-3-6-11/h1-3,5-6,10,12H,4,7-9H2,(H,19,20,21). The van der Waals surface area contributed by atoms with E-state index in [0.29, 0.717) is 0 Å². The minimum Gasteiger partial charge on any atom is -0.376 e. The van der Waals surface area contributed by atoms with Crippen LogP contribution in [0, 0.1) is 0 Å². The maximum Gasteiger partial charge on any atom is 0.225 e. The van der Waals surface area contributed by atoms with Gasteiger partial charge in [0.15, 0.2) is 0 Å². The van der Waals surface area contributed by atoms with Crippen molar-refractivity contribution < 1.29 is 4.74 Å². The third-order valence-electron chi connectivity index (χ3n) is 4.01. The third-order valence-corrected chi connectivity index (χ3v) is 5.05. The lowest BCUT2D eigenvalue weighted by molar-refractivity contribution is 0.120. The van der Waals surface area contributed by atoms with Gasteiger partial charge in [0.1, 0.15) is 10.6 Å². The molecule has 6 heteroatoms. The number of halogens is 1. The zero-order valence-corrected chi connectivity index (χ0v) is 14.0. The molecule has 3 heterocycles. The number of benzene rings is 1. The molecule has 0 aliphatic carbocycles. The number of hydrogen-bond donors (Lipinski definition) is 1. The molecule has 1 N–H and O–H groups in total. The molecule has 1 unspecified atom stereocenters. The molecule has 0 spiro atoms. The Morgan fingerprint density at radius 1 is 1.26 bits per heavy atom. The van der Waals surface area contributed by atoms with E-state index < -0.39 is 0 Å². The van der Waals surface area contributed by atoms with Gasteiger partial charge in [-0.05, 0) is 30.0 Å². The highest BCUT2D eigenvalue weighted by Crippen LogP contribution is 2.37. The summed E-state index contributed by atoms with van der Waals surface area (Å²) in [6.07, 6.45) is 2.46. The van der Waals surface area contributed by atoms with E-state index in [1.165, 1.54) is 0 Å². The molecular weight excluding hydrogens is 330 g/mol. The van der Waals surface area contributed by atoms with Crippen LogP contribution in [0.25, 0.3) is 21.3 Å². The average molecular weight is 346 g/mol. The van der Waals surface area contributed by atoms with Gasteiger partial charge in [0, 0.05) is 24.1 Å². The van der Waals surface area contributed by atoms with Crippen LogP contribution >= 0.6 is 22.9 Å². The van der Waals surface area contributed by atoms with Crippen LogP contribution in [0.15, 0.2) is 35.7 Å². The summed E-state index contributed by atoms with van der Waals surface area (Å²) in [5.41, 5.74) is 2.29. The molecule has 3 aromatic rings. The Morgan fingerprint density at radius 3 is 2.91 bits per heavy atom.